The van der Waals surface area contributed by atoms with Crippen molar-refractivity contribution >= 4 is 23.6 Å². The molecule has 1 unspecified atom stereocenters. The van der Waals surface area contributed by atoms with Gasteiger partial charge in [0.15, 0.2) is 0 Å². The van der Waals surface area contributed by atoms with Gasteiger partial charge in [0, 0.05) is 56.4 Å². The van der Waals surface area contributed by atoms with Gasteiger partial charge in [-0.2, -0.15) is 13.2 Å². The maximum atomic E-state index is 12.9. The summed E-state index contributed by atoms with van der Waals surface area (Å²) in [5.74, 6) is -2.94. The van der Waals surface area contributed by atoms with E-state index in [4.69, 9.17) is 0 Å². The minimum Gasteiger partial charge on any atom is -0.350 e. The number of hydrogen-bond acceptors (Lipinski definition) is 5. The summed E-state index contributed by atoms with van der Waals surface area (Å²) in [7, 11) is 0. The van der Waals surface area contributed by atoms with Gasteiger partial charge in [-0.25, -0.2) is 0 Å². The normalized spacial score (nSPS) is 21.9. The summed E-state index contributed by atoms with van der Waals surface area (Å²) in [6.07, 6.45) is -0.726. The molecule has 0 bridgehead atoms. The molecule has 3 aliphatic rings. The summed E-state index contributed by atoms with van der Waals surface area (Å²) in [4.78, 5) is 55.4. The van der Waals surface area contributed by atoms with Crippen molar-refractivity contribution in [2.75, 3.05) is 52.4 Å². The van der Waals surface area contributed by atoms with Crippen molar-refractivity contribution in [1.29, 1.82) is 0 Å². The summed E-state index contributed by atoms with van der Waals surface area (Å²) in [5, 5.41) is 5.19. The lowest BCUT2D eigenvalue weighted by Gasteiger charge is -2.35. The lowest BCUT2D eigenvalue weighted by atomic mass is 9.93. The molecule has 1 aliphatic carbocycles. The SMILES string of the molecule is O=C(CNC(=O)C1=CC=CC(C(F)(F)F)C1)N[C@@H]1CCN(CC(=O)N2CCN(C(=O)c3ccccc3)CC2)C1. The van der Waals surface area contributed by atoms with Gasteiger partial charge < -0.3 is 20.4 Å². The maximum absolute atomic E-state index is 12.9. The monoisotopic (exact) mass is 547 g/mol. The first-order chi connectivity index (χ1) is 18.6. The van der Waals surface area contributed by atoms with E-state index in [9.17, 15) is 32.3 Å². The van der Waals surface area contributed by atoms with Crippen LogP contribution in [0.2, 0.25) is 0 Å². The first kappa shape index (κ1) is 28.3. The largest absolute Gasteiger partial charge is 0.395 e. The molecule has 0 saturated carbocycles. The third-order valence-corrected chi connectivity index (χ3v) is 7.14. The fraction of sp³-hybridized carbons (Fsp3) is 0.481. The molecule has 4 amide bonds. The van der Waals surface area contributed by atoms with Crippen molar-refractivity contribution in [3.8, 4) is 0 Å². The van der Waals surface area contributed by atoms with E-state index in [0.717, 1.165) is 6.08 Å². The maximum Gasteiger partial charge on any atom is 0.395 e. The van der Waals surface area contributed by atoms with Gasteiger partial charge in [-0.3, -0.25) is 24.1 Å². The lowest BCUT2D eigenvalue weighted by molar-refractivity contribution is -0.161. The zero-order valence-corrected chi connectivity index (χ0v) is 21.5. The Kier molecular flexibility index (Phi) is 9.05. The smallest absolute Gasteiger partial charge is 0.350 e. The number of carbonyl (C=O) groups is 4. The van der Waals surface area contributed by atoms with Crippen LogP contribution in [0.3, 0.4) is 0 Å². The second-order valence-corrected chi connectivity index (χ2v) is 9.94. The minimum absolute atomic E-state index is 0.0246. The Morgan fingerprint density at radius 1 is 0.949 bits per heavy atom. The highest BCUT2D eigenvalue weighted by atomic mass is 19.4. The Balaban J connectivity index is 1.14. The van der Waals surface area contributed by atoms with Crippen molar-refractivity contribution in [3.63, 3.8) is 0 Å². The molecule has 9 nitrogen and oxygen atoms in total. The van der Waals surface area contributed by atoms with Crippen LogP contribution in [0.25, 0.3) is 0 Å². The topological polar surface area (TPSA) is 102 Å². The number of rotatable bonds is 7. The molecule has 1 aromatic carbocycles. The van der Waals surface area contributed by atoms with Crippen LogP contribution in [0, 0.1) is 5.92 Å². The Hall–Kier alpha value is -3.67. The number of carbonyl (C=O) groups excluding carboxylic acids is 4. The molecule has 2 fully saturated rings. The second kappa shape index (κ2) is 12.5. The van der Waals surface area contributed by atoms with Crippen molar-refractivity contribution in [2.45, 2.75) is 25.1 Å². The number of alkyl halides is 3. The van der Waals surface area contributed by atoms with Crippen LogP contribution in [0.5, 0.6) is 0 Å². The predicted octanol–water partition coefficient (Wildman–Crippen LogP) is 1.34. The minimum atomic E-state index is -4.43. The highest BCUT2D eigenvalue weighted by molar-refractivity contribution is 5.96. The van der Waals surface area contributed by atoms with Crippen LogP contribution in [-0.4, -0.2) is 103 Å². The van der Waals surface area contributed by atoms with E-state index in [-0.39, 0.29) is 36.5 Å². The summed E-state index contributed by atoms with van der Waals surface area (Å²) in [6.45, 7) is 2.80. The second-order valence-electron chi connectivity index (χ2n) is 9.94. The van der Waals surface area contributed by atoms with Gasteiger partial charge in [-0.1, -0.05) is 36.4 Å². The Morgan fingerprint density at radius 3 is 2.33 bits per heavy atom. The van der Waals surface area contributed by atoms with Crippen LogP contribution >= 0.6 is 0 Å². The van der Waals surface area contributed by atoms with E-state index >= 15 is 0 Å². The van der Waals surface area contributed by atoms with E-state index in [1.54, 1.807) is 21.9 Å². The van der Waals surface area contributed by atoms with Gasteiger partial charge in [0.25, 0.3) is 5.91 Å². The average molecular weight is 548 g/mol. The van der Waals surface area contributed by atoms with E-state index in [0.29, 0.717) is 51.3 Å². The summed E-state index contributed by atoms with van der Waals surface area (Å²) in [6, 6.07) is 8.83. The van der Waals surface area contributed by atoms with Gasteiger partial charge in [-0.15, -0.1) is 0 Å². The molecule has 210 valence electrons. The molecule has 2 N–H and O–H groups in total. The molecular weight excluding hydrogens is 515 g/mol. The number of halogens is 3. The molecule has 0 spiro atoms. The van der Waals surface area contributed by atoms with E-state index in [1.165, 1.54) is 12.2 Å². The number of nitrogens with one attached hydrogen (secondary N) is 2. The van der Waals surface area contributed by atoms with E-state index in [1.807, 2.05) is 23.1 Å². The van der Waals surface area contributed by atoms with Crippen molar-refractivity contribution in [3.05, 3.63) is 59.7 Å². The van der Waals surface area contributed by atoms with Gasteiger partial charge in [0.05, 0.1) is 19.0 Å². The summed E-state index contributed by atoms with van der Waals surface area (Å²) >= 11 is 0. The van der Waals surface area contributed by atoms with E-state index < -0.39 is 30.3 Å². The van der Waals surface area contributed by atoms with Gasteiger partial charge in [0.2, 0.25) is 17.7 Å². The molecule has 2 aliphatic heterocycles. The number of likely N-dealkylation sites (tertiary alicyclic amines) is 1. The van der Waals surface area contributed by atoms with Gasteiger partial charge in [0.1, 0.15) is 0 Å². The van der Waals surface area contributed by atoms with Crippen molar-refractivity contribution < 1.29 is 32.3 Å². The highest BCUT2D eigenvalue weighted by Crippen LogP contribution is 2.34. The lowest BCUT2D eigenvalue weighted by Crippen LogP contribution is -2.52. The first-order valence-corrected chi connectivity index (χ1v) is 13.0. The number of allylic oxidation sites excluding steroid dienone is 3. The molecule has 12 heteroatoms. The van der Waals surface area contributed by atoms with Crippen LogP contribution in [0.4, 0.5) is 13.2 Å². The zero-order valence-electron chi connectivity index (χ0n) is 21.5. The number of piperazine rings is 1. The van der Waals surface area contributed by atoms with Crippen molar-refractivity contribution in [1.82, 2.24) is 25.3 Å². The highest BCUT2D eigenvalue weighted by Gasteiger charge is 2.39. The number of benzene rings is 1. The molecular formula is C27H32F3N5O4. The van der Waals surface area contributed by atoms with E-state index in [2.05, 4.69) is 10.6 Å². The van der Waals surface area contributed by atoms with Gasteiger partial charge in [-0.05, 0) is 25.0 Å². The molecule has 0 radical (unpaired) electrons. The molecule has 0 aromatic heterocycles. The number of hydrogen-bond donors (Lipinski definition) is 2. The van der Waals surface area contributed by atoms with Crippen LogP contribution in [0.1, 0.15) is 23.2 Å². The van der Waals surface area contributed by atoms with Crippen LogP contribution in [0.15, 0.2) is 54.1 Å². The molecule has 2 atom stereocenters. The number of nitrogens with zero attached hydrogens (tertiary/aromatic N) is 3. The fourth-order valence-electron chi connectivity index (χ4n) is 4.93. The third-order valence-electron chi connectivity index (χ3n) is 7.14. The average Bonchev–Trinajstić information content (AvgIpc) is 3.37. The standard InChI is InChI=1S/C27H32F3N5O4/c28-27(29,30)21-8-4-7-20(15-21)25(38)31-16-23(36)32-22-9-10-33(17-22)18-24(37)34-11-13-35(14-12-34)26(39)19-5-2-1-3-6-19/h1-8,21-22H,9-18H2,(H,31,38)(H,32,36)/t21?,22-/m1/s1. The Morgan fingerprint density at radius 2 is 1.64 bits per heavy atom. The molecule has 1 aromatic rings. The third kappa shape index (κ3) is 7.69. The summed E-state index contributed by atoms with van der Waals surface area (Å²) in [5.41, 5.74) is 0.601. The van der Waals surface area contributed by atoms with Crippen LogP contribution < -0.4 is 10.6 Å². The molecule has 2 saturated heterocycles. The quantitative estimate of drug-likeness (QED) is 0.537. The molecule has 4 rings (SSSR count). The summed E-state index contributed by atoms with van der Waals surface area (Å²) < 4.78 is 38.8. The van der Waals surface area contributed by atoms with Crippen LogP contribution in [-0.2, 0) is 14.4 Å². The molecule has 39 heavy (non-hydrogen) atoms. The fourth-order valence-corrected chi connectivity index (χ4v) is 4.93. The number of amides is 4. The zero-order chi connectivity index (χ0) is 28.0. The Labute approximate surface area is 224 Å². The van der Waals surface area contributed by atoms with Crippen molar-refractivity contribution in [2.24, 2.45) is 5.92 Å². The molecule has 2 heterocycles. The Bertz CT molecular complexity index is 1130. The van der Waals surface area contributed by atoms with Gasteiger partial charge >= 0.3 is 6.18 Å². The first-order valence-electron chi connectivity index (χ1n) is 13.0. The predicted molar refractivity (Wildman–Crippen MR) is 136 cm³/mol.